The first kappa shape index (κ1) is 29.6. The lowest BCUT2D eigenvalue weighted by atomic mass is 10.1. The van der Waals surface area contributed by atoms with E-state index >= 15 is 0 Å². The van der Waals surface area contributed by atoms with Gasteiger partial charge in [0.2, 0.25) is 0 Å². The van der Waals surface area contributed by atoms with E-state index in [4.69, 9.17) is 0 Å². The Morgan fingerprint density at radius 2 is 0.724 bits per heavy atom. The molecular weight excluding hydrogens is 398 g/mol. The fourth-order valence-electron chi connectivity index (χ4n) is 4.29. The van der Waals surface area contributed by atoms with E-state index in [0.717, 1.165) is 57.0 Å². The van der Waals surface area contributed by atoms with E-state index in [9.17, 15) is 14.4 Å². The molecule has 0 aliphatic rings. The van der Waals surface area contributed by atoms with Crippen LogP contribution < -0.4 is 0 Å². The topological polar surface area (TPSA) is 57.5 Å². The Hall–Kier alpha value is 0.580. The Balaban J connectivity index is 4.70. The summed E-state index contributed by atoms with van der Waals surface area (Å²) in [4.78, 5) is 20.8. The molecular formula is C24H53O3P2+. The summed E-state index contributed by atoms with van der Waals surface area (Å²) in [5.41, 5.74) is 0. The molecule has 0 aliphatic carbocycles. The van der Waals surface area contributed by atoms with Gasteiger partial charge in [0.1, 0.15) is 6.95 Å². The zero-order chi connectivity index (χ0) is 21.8. The van der Waals surface area contributed by atoms with E-state index in [1.165, 1.54) is 77.0 Å². The van der Waals surface area contributed by atoms with E-state index in [0.29, 0.717) is 0 Å². The zero-order valence-corrected chi connectivity index (χ0v) is 21.8. The van der Waals surface area contributed by atoms with Crippen molar-refractivity contribution >= 4 is 14.2 Å². The molecule has 3 nitrogen and oxygen atoms in total. The number of hydrogen-bond acceptors (Lipinski definition) is 1. The van der Waals surface area contributed by atoms with Crippen molar-refractivity contribution in [1.29, 1.82) is 0 Å². The van der Waals surface area contributed by atoms with Crippen molar-refractivity contribution in [2.45, 2.75) is 136 Å². The summed E-state index contributed by atoms with van der Waals surface area (Å²) >= 11 is 0. The summed E-state index contributed by atoms with van der Waals surface area (Å²) in [5, 5.41) is 0. The third-order valence-corrected chi connectivity index (χ3v) is 16.0. The van der Waals surface area contributed by atoms with Gasteiger partial charge in [-0.15, -0.1) is 0 Å². The van der Waals surface area contributed by atoms with Crippen LogP contribution in [0.2, 0.25) is 0 Å². The number of rotatable bonds is 22. The van der Waals surface area contributed by atoms with E-state index < -0.39 is 14.2 Å². The molecule has 0 atom stereocenters. The molecule has 29 heavy (non-hydrogen) atoms. The minimum atomic E-state index is -3.98. The summed E-state index contributed by atoms with van der Waals surface area (Å²) in [6.07, 6.45) is 24.1. The standard InChI is InChI=1S/C24H52O3P2/c1-4-7-10-13-16-19-22-28(29(25,26)27,23-20-17-14-11-8-5-2)24-21-18-15-12-9-6-3/h4-24H2,1-3H3,(H-,25,26,27)/p+1. The monoisotopic (exact) mass is 451 g/mol. The zero-order valence-electron chi connectivity index (χ0n) is 20.0. The van der Waals surface area contributed by atoms with Crippen LogP contribution in [-0.2, 0) is 4.57 Å². The van der Waals surface area contributed by atoms with Crippen LogP contribution in [0, 0.1) is 0 Å². The van der Waals surface area contributed by atoms with Crippen LogP contribution in [0.4, 0.5) is 0 Å². The Labute approximate surface area is 183 Å². The predicted octanol–water partition coefficient (Wildman–Crippen LogP) is 9.18. The first-order valence-electron chi connectivity index (χ1n) is 12.9. The summed E-state index contributed by atoms with van der Waals surface area (Å²) in [6.45, 7) is 4.50. The van der Waals surface area contributed by atoms with Gasteiger partial charge in [0.25, 0.3) is 0 Å². The van der Waals surface area contributed by atoms with Gasteiger partial charge in [-0.25, -0.2) is 4.57 Å². The van der Waals surface area contributed by atoms with E-state index in [1.54, 1.807) is 0 Å². The van der Waals surface area contributed by atoms with Gasteiger partial charge in [-0.1, -0.05) is 97.8 Å². The van der Waals surface area contributed by atoms with Crippen molar-refractivity contribution in [1.82, 2.24) is 0 Å². The minimum absolute atomic E-state index is 0.827. The van der Waals surface area contributed by atoms with Gasteiger partial charge in [0.05, 0.1) is 18.5 Å². The third kappa shape index (κ3) is 15.1. The molecule has 0 aromatic heterocycles. The highest BCUT2D eigenvalue weighted by Crippen LogP contribution is 2.86. The Morgan fingerprint density at radius 1 is 0.483 bits per heavy atom. The minimum Gasteiger partial charge on any atom is -0.295 e. The van der Waals surface area contributed by atoms with Crippen LogP contribution in [0.1, 0.15) is 136 Å². The Bertz CT molecular complexity index is 355. The summed E-state index contributed by atoms with van der Waals surface area (Å²) in [7, 11) is -3.98. The first-order chi connectivity index (χ1) is 13.9. The Kier molecular flexibility index (Phi) is 19.7. The molecule has 0 unspecified atom stereocenters. The SMILES string of the molecule is CCCCCCCC[P+](CCCCCCCC)(CCCCCCCC)P(=O)(O)O. The normalized spacial score (nSPS) is 12.6. The molecule has 0 aromatic rings. The lowest BCUT2D eigenvalue weighted by Gasteiger charge is -2.28. The van der Waals surface area contributed by atoms with Gasteiger partial charge < -0.3 is 0 Å². The molecule has 0 saturated heterocycles. The third-order valence-electron chi connectivity index (χ3n) is 6.34. The van der Waals surface area contributed by atoms with Crippen molar-refractivity contribution < 1.29 is 14.4 Å². The van der Waals surface area contributed by atoms with Gasteiger partial charge in [0.15, 0.2) is 0 Å². The van der Waals surface area contributed by atoms with Crippen molar-refractivity contribution in [3.63, 3.8) is 0 Å². The van der Waals surface area contributed by atoms with Gasteiger partial charge in [-0.05, 0) is 38.5 Å². The number of hydrogen-bond donors (Lipinski definition) is 2. The lowest BCUT2D eigenvalue weighted by Crippen LogP contribution is -2.10. The van der Waals surface area contributed by atoms with Crippen molar-refractivity contribution in [2.75, 3.05) is 18.5 Å². The molecule has 0 saturated carbocycles. The maximum absolute atomic E-state index is 12.7. The molecule has 0 amide bonds. The van der Waals surface area contributed by atoms with Crippen molar-refractivity contribution in [3.05, 3.63) is 0 Å². The molecule has 0 rings (SSSR count). The van der Waals surface area contributed by atoms with Crippen LogP contribution in [0.5, 0.6) is 0 Å². The predicted molar refractivity (Wildman–Crippen MR) is 134 cm³/mol. The van der Waals surface area contributed by atoms with Gasteiger partial charge >= 0.3 is 7.28 Å². The van der Waals surface area contributed by atoms with Crippen LogP contribution in [0.3, 0.4) is 0 Å². The molecule has 0 fully saturated rings. The highest BCUT2D eigenvalue weighted by atomic mass is 32.1. The van der Waals surface area contributed by atoms with Crippen LogP contribution in [0.15, 0.2) is 0 Å². The fourth-order valence-corrected chi connectivity index (χ4v) is 11.8. The molecule has 0 aliphatic heterocycles. The quantitative estimate of drug-likeness (QED) is 0.127. The Morgan fingerprint density at radius 3 is 0.966 bits per heavy atom. The summed E-state index contributed by atoms with van der Waals surface area (Å²) in [6, 6.07) is 0. The second-order valence-electron chi connectivity index (χ2n) is 9.08. The maximum Gasteiger partial charge on any atom is 0.464 e. The van der Waals surface area contributed by atoms with Gasteiger partial charge in [-0.3, -0.25) is 9.79 Å². The maximum atomic E-state index is 12.7. The number of unbranched alkanes of at least 4 members (excludes halogenated alkanes) is 15. The van der Waals surface area contributed by atoms with Crippen molar-refractivity contribution in [2.24, 2.45) is 0 Å². The smallest absolute Gasteiger partial charge is 0.295 e. The molecule has 176 valence electrons. The first-order valence-corrected chi connectivity index (χ1v) is 17.5. The molecule has 0 heterocycles. The highest BCUT2D eigenvalue weighted by Gasteiger charge is 2.52. The lowest BCUT2D eigenvalue weighted by molar-refractivity contribution is 0.393. The van der Waals surface area contributed by atoms with Crippen molar-refractivity contribution in [3.8, 4) is 0 Å². The summed E-state index contributed by atoms with van der Waals surface area (Å²) < 4.78 is 12.7. The van der Waals surface area contributed by atoms with E-state index in [2.05, 4.69) is 20.8 Å². The molecule has 0 aromatic carbocycles. The van der Waals surface area contributed by atoms with Gasteiger partial charge in [0, 0.05) is 0 Å². The fraction of sp³-hybridized carbons (Fsp3) is 1.00. The molecule has 5 heteroatoms. The average Bonchev–Trinajstić information content (AvgIpc) is 2.68. The molecule has 2 N–H and O–H groups in total. The second-order valence-corrected chi connectivity index (χ2v) is 17.7. The second kappa shape index (κ2) is 19.3. The van der Waals surface area contributed by atoms with Crippen LogP contribution >= 0.6 is 14.2 Å². The van der Waals surface area contributed by atoms with Crippen LogP contribution in [-0.4, -0.2) is 28.3 Å². The van der Waals surface area contributed by atoms with Gasteiger partial charge in [-0.2, -0.15) is 0 Å². The highest BCUT2D eigenvalue weighted by molar-refractivity contribution is 8.37. The molecule has 0 radical (unpaired) electrons. The van der Waals surface area contributed by atoms with E-state index in [1.807, 2.05) is 0 Å². The summed E-state index contributed by atoms with van der Waals surface area (Å²) in [5.74, 6) is 0. The van der Waals surface area contributed by atoms with E-state index in [-0.39, 0.29) is 0 Å². The molecule has 0 bridgehead atoms. The molecule has 0 spiro atoms. The largest absolute Gasteiger partial charge is 0.464 e. The van der Waals surface area contributed by atoms with Crippen LogP contribution in [0.25, 0.3) is 0 Å². The average molecular weight is 452 g/mol.